The molecule has 0 saturated heterocycles. The van der Waals surface area contributed by atoms with Crippen LogP contribution in [0.5, 0.6) is 0 Å². The molecule has 4 N–H and O–H groups in total. The van der Waals surface area contributed by atoms with Crippen molar-refractivity contribution in [1.82, 2.24) is 5.32 Å². The number of aliphatic hydroxyl groups excluding tert-OH is 1. The van der Waals surface area contributed by atoms with Crippen molar-refractivity contribution in [2.75, 3.05) is 26.8 Å². The van der Waals surface area contributed by atoms with Crippen LogP contribution in [-0.4, -0.2) is 43.9 Å². The topological polar surface area (TPSA) is 84.6 Å². The van der Waals surface area contributed by atoms with Gasteiger partial charge in [-0.3, -0.25) is 4.79 Å². The highest BCUT2D eigenvalue weighted by atomic mass is 16.5. The van der Waals surface area contributed by atoms with Crippen molar-refractivity contribution in [2.24, 2.45) is 5.73 Å². The Kier molecular flexibility index (Phi) is 6.64. The maximum atomic E-state index is 10.6. The van der Waals surface area contributed by atoms with Crippen LogP contribution in [0.4, 0.5) is 0 Å². The highest BCUT2D eigenvalue weighted by molar-refractivity contribution is 5.69. The molecule has 0 rings (SSSR count). The van der Waals surface area contributed by atoms with Crippen LogP contribution in [0.25, 0.3) is 0 Å². The summed E-state index contributed by atoms with van der Waals surface area (Å²) in [5, 5.41) is 11.4. The summed E-state index contributed by atoms with van der Waals surface area (Å²) in [6, 6.07) is -0.261. The Labute approximate surface area is 71.9 Å². The molecule has 0 saturated carbocycles. The van der Waals surface area contributed by atoms with E-state index in [1.807, 2.05) is 0 Å². The van der Waals surface area contributed by atoms with Gasteiger partial charge < -0.3 is 20.9 Å². The molecule has 0 bridgehead atoms. The third-order valence-corrected chi connectivity index (χ3v) is 1.37. The van der Waals surface area contributed by atoms with E-state index in [1.54, 1.807) is 0 Å². The first-order valence-corrected chi connectivity index (χ1v) is 3.84. The van der Waals surface area contributed by atoms with E-state index in [0.29, 0.717) is 19.5 Å². The normalized spacial score (nSPS) is 12.6. The Morgan fingerprint density at radius 2 is 2.42 bits per heavy atom. The zero-order valence-corrected chi connectivity index (χ0v) is 7.25. The highest BCUT2D eigenvalue weighted by Crippen LogP contribution is 1.81. The average Bonchev–Trinajstić information content (AvgIpc) is 2.11. The van der Waals surface area contributed by atoms with E-state index in [9.17, 15) is 4.79 Å². The molecule has 0 radical (unpaired) electrons. The second-order valence-corrected chi connectivity index (χ2v) is 2.47. The lowest BCUT2D eigenvalue weighted by molar-refractivity contribution is -0.140. The molecule has 0 fully saturated rings. The van der Waals surface area contributed by atoms with Crippen molar-refractivity contribution < 1.29 is 14.6 Å². The molecule has 72 valence electrons. The number of rotatable bonds is 6. The molecule has 0 aromatic rings. The number of esters is 1. The highest BCUT2D eigenvalue weighted by Gasteiger charge is 2.01. The van der Waals surface area contributed by atoms with Gasteiger partial charge in [-0.25, -0.2) is 0 Å². The Hall–Kier alpha value is -0.650. The monoisotopic (exact) mass is 176 g/mol. The Morgan fingerprint density at radius 3 is 2.92 bits per heavy atom. The Morgan fingerprint density at radius 1 is 1.75 bits per heavy atom. The number of carbonyl (C=O) groups excluding carboxylic acids is 1. The summed E-state index contributed by atoms with van der Waals surface area (Å²) in [6.45, 7) is 0.985. The minimum Gasteiger partial charge on any atom is -0.469 e. The van der Waals surface area contributed by atoms with Gasteiger partial charge in [0.2, 0.25) is 0 Å². The van der Waals surface area contributed by atoms with Gasteiger partial charge in [-0.05, 0) is 0 Å². The standard InChI is InChI=1S/C7H16N2O3/c1-12-7(11)2-3-9-4-6(8)5-10/h6,9-10H,2-5,8H2,1H3/t6-/m1/s1. The molecule has 0 amide bonds. The lowest BCUT2D eigenvalue weighted by Gasteiger charge is -2.08. The molecule has 0 aliphatic rings. The van der Waals surface area contributed by atoms with Crippen LogP contribution in [-0.2, 0) is 9.53 Å². The first-order chi connectivity index (χ1) is 5.70. The van der Waals surface area contributed by atoms with E-state index in [4.69, 9.17) is 10.8 Å². The largest absolute Gasteiger partial charge is 0.469 e. The summed E-state index contributed by atoms with van der Waals surface area (Å²) in [6.07, 6.45) is 0.328. The average molecular weight is 176 g/mol. The zero-order chi connectivity index (χ0) is 9.40. The number of ether oxygens (including phenoxy) is 1. The van der Waals surface area contributed by atoms with Crippen LogP contribution < -0.4 is 11.1 Å². The lowest BCUT2D eigenvalue weighted by atomic mass is 10.3. The summed E-state index contributed by atoms with van der Waals surface area (Å²) in [4.78, 5) is 10.6. The fourth-order valence-corrected chi connectivity index (χ4v) is 0.645. The van der Waals surface area contributed by atoms with Crippen LogP contribution in [0.2, 0.25) is 0 Å². The Bertz CT molecular complexity index is 130. The van der Waals surface area contributed by atoms with Crippen molar-refractivity contribution in [3.63, 3.8) is 0 Å². The van der Waals surface area contributed by atoms with Crippen LogP contribution in [0, 0.1) is 0 Å². The van der Waals surface area contributed by atoms with Gasteiger partial charge in [-0.15, -0.1) is 0 Å². The summed E-state index contributed by atoms with van der Waals surface area (Å²) in [5.74, 6) is -0.250. The fraction of sp³-hybridized carbons (Fsp3) is 0.857. The number of hydrogen-bond donors (Lipinski definition) is 3. The molecule has 5 heteroatoms. The number of methoxy groups -OCH3 is 1. The molecule has 1 atom stereocenters. The van der Waals surface area contributed by atoms with Crippen LogP contribution in [0.3, 0.4) is 0 Å². The van der Waals surface area contributed by atoms with Crippen molar-refractivity contribution in [3.05, 3.63) is 0 Å². The number of hydrogen-bond acceptors (Lipinski definition) is 5. The molecule has 12 heavy (non-hydrogen) atoms. The van der Waals surface area contributed by atoms with E-state index in [-0.39, 0.29) is 18.6 Å². The van der Waals surface area contributed by atoms with Gasteiger partial charge in [0, 0.05) is 19.1 Å². The van der Waals surface area contributed by atoms with E-state index in [2.05, 4.69) is 10.1 Å². The molecule has 0 heterocycles. The summed E-state index contributed by atoms with van der Waals surface area (Å²) in [7, 11) is 1.35. The first-order valence-electron chi connectivity index (χ1n) is 3.84. The first kappa shape index (κ1) is 11.4. The maximum absolute atomic E-state index is 10.6. The molecular formula is C7H16N2O3. The second kappa shape index (κ2) is 7.02. The van der Waals surface area contributed by atoms with Crippen molar-refractivity contribution in [1.29, 1.82) is 0 Å². The molecule has 0 aliphatic heterocycles. The lowest BCUT2D eigenvalue weighted by Crippen LogP contribution is -2.37. The van der Waals surface area contributed by atoms with Gasteiger partial charge in [0.05, 0.1) is 20.1 Å². The third kappa shape index (κ3) is 6.09. The van der Waals surface area contributed by atoms with E-state index in [1.165, 1.54) is 7.11 Å². The van der Waals surface area contributed by atoms with Crippen molar-refractivity contribution in [3.8, 4) is 0 Å². The van der Waals surface area contributed by atoms with E-state index < -0.39 is 0 Å². The van der Waals surface area contributed by atoms with Gasteiger partial charge >= 0.3 is 5.97 Å². The second-order valence-electron chi connectivity index (χ2n) is 2.47. The quantitative estimate of drug-likeness (QED) is 0.337. The summed E-state index contributed by atoms with van der Waals surface area (Å²) < 4.78 is 4.42. The molecule has 0 aromatic carbocycles. The van der Waals surface area contributed by atoms with Gasteiger partial charge in [-0.2, -0.15) is 0 Å². The molecule has 0 aliphatic carbocycles. The smallest absolute Gasteiger partial charge is 0.306 e. The minimum atomic E-state index is -0.261. The van der Waals surface area contributed by atoms with Gasteiger partial charge in [-0.1, -0.05) is 0 Å². The number of carbonyl (C=O) groups is 1. The predicted octanol–water partition coefficient (Wildman–Crippen LogP) is -1.54. The molecule has 0 aromatic heterocycles. The maximum Gasteiger partial charge on any atom is 0.306 e. The molecule has 0 spiro atoms. The molecular weight excluding hydrogens is 160 g/mol. The van der Waals surface area contributed by atoms with Crippen LogP contribution >= 0.6 is 0 Å². The zero-order valence-electron chi connectivity index (χ0n) is 7.25. The van der Waals surface area contributed by atoms with Crippen molar-refractivity contribution in [2.45, 2.75) is 12.5 Å². The molecule has 5 nitrogen and oxygen atoms in total. The van der Waals surface area contributed by atoms with Gasteiger partial charge in [0.15, 0.2) is 0 Å². The van der Waals surface area contributed by atoms with Gasteiger partial charge in [0.25, 0.3) is 0 Å². The van der Waals surface area contributed by atoms with Crippen LogP contribution in [0.15, 0.2) is 0 Å². The van der Waals surface area contributed by atoms with Crippen LogP contribution in [0.1, 0.15) is 6.42 Å². The number of nitrogens with two attached hydrogens (primary N) is 1. The van der Waals surface area contributed by atoms with Crippen molar-refractivity contribution >= 4 is 5.97 Å². The van der Waals surface area contributed by atoms with E-state index >= 15 is 0 Å². The summed E-state index contributed by atoms with van der Waals surface area (Å²) in [5.41, 5.74) is 5.39. The SMILES string of the molecule is COC(=O)CCNC[C@@H](N)CO. The third-order valence-electron chi connectivity index (χ3n) is 1.37. The number of aliphatic hydroxyl groups is 1. The fourth-order valence-electron chi connectivity index (χ4n) is 0.645. The predicted molar refractivity (Wildman–Crippen MR) is 44.6 cm³/mol. The molecule has 0 unspecified atom stereocenters. The number of nitrogens with one attached hydrogen (secondary N) is 1. The van der Waals surface area contributed by atoms with E-state index in [0.717, 1.165) is 0 Å². The summed E-state index contributed by atoms with van der Waals surface area (Å²) >= 11 is 0. The Balaban J connectivity index is 3.15. The van der Waals surface area contributed by atoms with Gasteiger partial charge in [0.1, 0.15) is 0 Å². The minimum absolute atomic E-state index is 0.0504.